The summed E-state index contributed by atoms with van der Waals surface area (Å²) in [5.41, 5.74) is 0. The topological polar surface area (TPSA) is 69.9 Å². The molecule has 1 aromatic heterocycles. The van der Waals surface area contributed by atoms with Gasteiger partial charge in [0, 0.05) is 5.75 Å². The molecule has 0 saturated heterocycles. The third-order valence-corrected chi connectivity index (χ3v) is 2.92. The number of hydrogen-bond acceptors (Lipinski definition) is 6. The second-order valence-electron chi connectivity index (χ2n) is 3.73. The van der Waals surface area contributed by atoms with Crippen molar-refractivity contribution in [3.05, 3.63) is 0 Å². The van der Waals surface area contributed by atoms with E-state index in [4.69, 9.17) is 0 Å². The average Bonchev–Trinajstić information content (AvgIpc) is 2.65. The van der Waals surface area contributed by atoms with Gasteiger partial charge in [0.1, 0.15) is 6.54 Å². The lowest BCUT2D eigenvalue weighted by Gasteiger charge is -2.04. The first-order chi connectivity index (χ1) is 7.63. The summed E-state index contributed by atoms with van der Waals surface area (Å²) in [5.74, 6) is 1.25. The molecule has 1 rings (SSSR count). The molecule has 7 heteroatoms. The van der Waals surface area contributed by atoms with Crippen molar-refractivity contribution >= 4 is 17.7 Å². The number of carbonyl (C=O) groups is 1. The molecule has 0 bridgehead atoms. The van der Waals surface area contributed by atoms with Crippen LogP contribution in [0.2, 0.25) is 0 Å². The van der Waals surface area contributed by atoms with Crippen molar-refractivity contribution in [1.29, 1.82) is 0 Å². The third kappa shape index (κ3) is 4.18. The van der Waals surface area contributed by atoms with Crippen LogP contribution in [0.5, 0.6) is 0 Å². The monoisotopic (exact) mass is 244 g/mol. The lowest BCUT2D eigenvalue weighted by Crippen LogP contribution is -2.13. The summed E-state index contributed by atoms with van der Waals surface area (Å²) in [4.78, 5) is 11.1. The van der Waals surface area contributed by atoms with Crippen LogP contribution in [-0.4, -0.2) is 39.0 Å². The predicted molar refractivity (Wildman–Crippen MR) is 60.0 cm³/mol. The van der Waals surface area contributed by atoms with Crippen LogP contribution in [0.4, 0.5) is 0 Å². The minimum atomic E-state index is -0.349. The maximum absolute atomic E-state index is 11.1. The van der Waals surface area contributed by atoms with Gasteiger partial charge in [0.15, 0.2) is 0 Å². The van der Waals surface area contributed by atoms with Crippen molar-refractivity contribution in [2.45, 2.75) is 32.0 Å². The van der Waals surface area contributed by atoms with E-state index in [0.717, 1.165) is 12.2 Å². The van der Waals surface area contributed by atoms with Crippen LogP contribution in [0.15, 0.2) is 5.16 Å². The molecule has 0 fully saturated rings. The molecular formula is C9H16N4O2S. The Labute approximate surface area is 98.7 Å². The molecule has 1 heterocycles. The molecule has 16 heavy (non-hydrogen) atoms. The van der Waals surface area contributed by atoms with Crippen LogP contribution in [0.3, 0.4) is 0 Å². The molecular weight excluding hydrogens is 228 g/mol. The number of aromatic nitrogens is 4. The summed E-state index contributed by atoms with van der Waals surface area (Å²) in [6.07, 6.45) is 1.09. The van der Waals surface area contributed by atoms with E-state index in [1.807, 2.05) is 0 Å². The largest absolute Gasteiger partial charge is 0.468 e. The van der Waals surface area contributed by atoms with Crippen molar-refractivity contribution in [2.24, 2.45) is 5.92 Å². The first-order valence-electron chi connectivity index (χ1n) is 5.09. The number of ether oxygens (including phenoxy) is 1. The van der Waals surface area contributed by atoms with Crippen molar-refractivity contribution in [3.8, 4) is 0 Å². The maximum atomic E-state index is 11.1. The van der Waals surface area contributed by atoms with Gasteiger partial charge >= 0.3 is 5.97 Å². The van der Waals surface area contributed by atoms with Crippen molar-refractivity contribution in [2.75, 3.05) is 12.9 Å². The molecule has 0 aliphatic heterocycles. The van der Waals surface area contributed by atoms with Gasteiger partial charge in [0.05, 0.1) is 7.11 Å². The number of thioether (sulfide) groups is 1. The summed E-state index contributed by atoms with van der Waals surface area (Å²) >= 11 is 1.55. The van der Waals surface area contributed by atoms with Crippen LogP contribution < -0.4 is 0 Å². The number of nitrogens with zero attached hydrogens (tertiary/aromatic N) is 4. The molecule has 90 valence electrons. The number of methoxy groups -OCH3 is 1. The SMILES string of the molecule is COC(=O)Cn1nnnc1SCCC(C)C. The van der Waals surface area contributed by atoms with Crippen molar-refractivity contribution in [3.63, 3.8) is 0 Å². The molecule has 1 aromatic rings. The summed E-state index contributed by atoms with van der Waals surface area (Å²) in [6.45, 7) is 4.39. The highest BCUT2D eigenvalue weighted by molar-refractivity contribution is 7.99. The molecule has 0 unspecified atom stereocenters. The van der Waals surface area contributed by atoms with E-state index in [-0.39, 0.29) is 12.5 Å². The molecule has 0 spiro atoms. The average molecular weight is 244 g/mol. The standard InChI is InChI=1S/C9H16N4O2S/c1-7(2)4-5-16-9-10-11-12-13(9)6-8(14)15-3/h7H,4-6H2,1-3H3. The van der Waals surface area contributed by atoms with E-state index in [1.165, 1.54) is 11.8 Å². The zero-order valence-electron chi connectivity index (χ0n) is 9.71. The molecule has 0 aliphatic rings. The Kier molecular flexibility index (Phi) is 5.24. The fraction of sp³-hybridized carbons (Fsp3) is 0.778. The Balaban J connectivity index is 2.47. The summed E-state index contributed by atoms with van der Waals surface area (Å²) in [6, 6.07) is 0. The first-order valence-corrected chi connectivity index (χ1v) is 6.07. The molecule has 0 atom stereocenters. The van der Waals surface area contributed by atoms with Gasteiger partial charge in [0.25, 0.3) is 0 Å². The molecule has 0 aliphatic carbocycles. The number of rotatable bonds is 6. The minimum absolute atomic E-state index is 0.0630. The normalized spacial score (nSPS) is 10.8. The molecule has 6 nitrogen and oxygen atoms in total. The van der Waals surface area contributed by atoms with Crippen LogP contribution >= 0.6 is 11.8 Å². The number of hydrogen-bond donors (Lipinski definition) is 0. The summed E-state index contributed by atoms with van der Waals surface area (Å²) < 4.78 is 6.01. The summed E-state index contributed by atoms with van der Waals surface area (Å²) in [7, 11) is 1.35. The Hall–Kier alpha value is -1.11. The fourth-order valence-electron chi connectivity index (χ4n) is 0.972. The van der Waals surface area contributed by atoms with Gasteiger partial charge < -0.3 is 4.74 Å². The smallest absolute Gasteiger partial charge is 0.327 e. The van der Waals surface area contributed by atoms with Crippen LogP contribution in [0.1, 0.15) is 20.3 Å². The summed E-state index contributed by atoms with van der Waals surface area (Å²) in [5, 5.41) is 11.8. The van der Waals surface area contributed by atoms with Gasteiger partial charge in [-0.1, -0.05) is 25.6 Å². The zero-order chi connectivity index (χ0) is 12.0. The molecule has 0 aromatic carbocycles. The molecule has 0 N–H and O–H groups in total. The van der Waals surface area contributed by atoms with Gasteiger partial charge in [-0.3, -0.25) is 4.79 Å². The second-order valence-corrected chi connectivity index (χ2v) is 4.79. The van der Waals surface area contributed by atoms with E-state index < -0.39 is 0 Å². The second kappa shape index (κ2) is 6.47. The highest BCUT2D eigenvalue weighted by Gasteiger charge is 2.10. The molecule has 0 saturated carbocycles. The number of esters is 1. The van der Waals surface area contributed by atoms with Gasteiger partial charge in [-0.2, -0.15) is 0 Å². The van der Waals surface area contributed by atoms with Crippen molar-refractivity contribution in [1.82, 2.24) is 20.2 Å². The Morgan fingerprint density at radius 2 is 2.31 bits per heavy atom. The lowest BCUT2D eigenvalue weighted by atomic mass is 10.2. The lowest BCUT2D eigenvalue weighted by molar-refractivity contribution is -0.141. The van der Waals surface area contributed by atoms with Crippen LogP contribution in [0.25, 0.3) is 0 Å². The quantitative estimate of drug-likeness (QED) is 0.549. The number of tetrazole rings is 1. The van der Waals surface area contributed by atoms with Crippen LogP contribution in [0, 0.1) is 5.92 Å². The van der Waals surface area contributed by atoms with Gasteiger partial charge in [-0.25, -0.2) is 4.68 Å². The van der Waals surface area contributed by atoms with E-state index >= 15 is 0 Å². The molecule has 0 radical (unpaired) electrons. The predicted octanol–water partition coefficient (Wildman–Crippen LogP) is 0.984. The maximum Gasteiger partial charge on any atom is 0.327 e. The van der Waals surface area contributed by atoms with E-state index in [2.05, 4.69) is 34.1 Å². The minimum Gasteiger partial charge on any atom is -0.468 e. The van der Waals surface area contributed by atoms with Crippen molar-refractivity contribution < 1.29 is 9.53 Å². The number of carbonyl (C=O) groups excluding carboxylic acids is 1. The Bertz CT molecular complexity index is 340. The highest BCUT2D eigenvalue weighted by Crippen LogP contribution is 2.16. The van der Waals surface area contributed by atoms with Gasteiger partial charge in [0.2, 0.25) is 5.16 Å². The van der Waals surface area contributed by atoms with Gasteiger partial charge in [-0.15, -0.1) is 5.10 Å². The van der Waals surface area contributed by atoms with Gasteiger partial charge in [-0.05, 0) is 22.8 Å². The van der Waals surface area contributed by atoms with E-state index in [0.29, 0.717) is 11.1 Å². The van der Waals surface area contributed by atoms with E-state index in [1.54, 1.807) is 11.8 Å². The Morgan fingerprint density at radius 3 is 2.94 bits per heavy atom. The zero-order valence-corrected chi connectivity index (χ0v) is 10.5. The third-order valence-electron chi connectivity index (χ3n) is 1.93. The molecule has 0 amide bonds. The highest BCUT2D eigenvalue weighted by atomic mass is 32.2. The fourth-order valence-corrected chi connectivity index (χ4v) is 2.09. The van der Waals surface area contributed by atoms with Crippen LogP contribution in [-0.2, 0) is 16.1 Å². The Morgan fingerprint density at radius 1 is 1.56 bits per heavy atom. The van der Waals surface area contributed by atoms with E-state index in [9.17, 15) is 4.79 Å². The first kappa shape index (κ1) is 13.0.